The zero-order valence-electron chi connectivity index (χ0n) is 19.5. The Hall–Kier alpha value is -3.04. The predicted octanol–water partition coefficient (Wildman–Crippen LogP) is 2.78. The largest absolute Gasteiger partial charge is 0.404 e. The molecule has 0 spiro atoms. The quantitative estimate of drug-likeness (QED) is 0.485. The second kappa shape index (κ2) is 10.7. The van der Waals surface area contributed by atoms with Crippen molar-refractivity contribution in [2.24, 2.45) is 10.7 Å². The molecule has 0 bridgehead atoms. The van der Waals surface area contributed by atoms with Crippen LogP contribution in [0, 0.1) is 0 Å². The van der Waals surface area contributed by atoms with Crippen molar-refractivity contribution in [2.45, 2.75) is 51.7 Å². The molecule has 1 saturated heterocycles. The average molecular weight is 451 g/mol. The zero-order valence-corrected chi connectivity index (χ0v) is 19.5. The van der Waals surface area contributed by atoms with E-state index in [0.29, 0.717) is 18.3 Å². The van der Waals surface area contributed by atoms with Crippen LogP contribution in [-0.2, 0) is 0 Å². The zero-order chi connectivity index (χ0) is 23.2. The Morgan fingerprint density at radius 2 is 2.03 bits per heavy atom. The molecule has 0 unspecified atom stereocenters. The van der Waals surface area contributed by atoms with E-state index in [1.807, 2.05) is 27.7 Å². The first kappa shape index (κ1) is 23.1. The minimum atomic E-state index is -0.157. The smallest absolute Gasteiger partial charge is 0.0999 e. The first-order valence-electron chi connectivity index (χ1n) is 11.8. The van der Waals surface area contributed by atoms with E-state index in [4.69, 9.17) is 10.7 Å². The number of piperidine rings is 1. The van der Waals surface area contributed by atoms with Gasteiger partial charge in [-0.15, -0.1) is 0 Å². The lowest BCUT2D eigenvalue weighted by molar-refractivity contribution is 0.0842. The molecule has 3 N–H and O–H groups in total. The first-order valence-corrected chi connectivity index (χ1v) is 11.8. The van der Waals surface area contributed by atoms with Gasteiger partial charge in [-0.2, -0.15) is 10.2 Å². The summed E-state index contributed by atoms with van der Waals surface area (Å²) in [5.74, 6) is 0. The van der Waals surface area contributed by atoms with E-state index >= 15 is 0 Å². The van der Waals surface area contributed by atoms with Crippen molar-refractivity contribution in [3.8, 4) is 11.3 Å². The van der Waals surface area contributed by atoms with Crippen LogP contribution < -0.4 is 5.73 Å². The topological polar surface area (TPSA) is 110 Å². The minimum absolute atomic E-state index is 0.157. The molecule has 1 aliphatic rings. The van der Waals surface area contributed by atoms with E-state index in [2.05, 4.69) is 40.1 Å². The summed E-state index contributed by atoms with van der Waals surface area (Å²) < 4.78 is 3.85. The van der Waals surface area contributed by atoms with E-state index < -0.39 is 0 Å². The number of aliphatic imine (C=N–C) groups is 1. The lowest BCUT2D eigenvalue weighted by Gasteiger charge is -2.28. The maximum Gasteiger partial charge on any atom is 0.0999 e. The van der Waals surface area contributed by atoms with E-state index in [-0.39, 0.29) is 6.10 Å². The number of aliphatic hydroxyl groups is 1. The molecule has 0 aliphatic carbocycles. The molecule has 0 atom stereocenters. The summed E-state index contributed by atoms with van der Waals surface area (Å²) in [5, 5.41) is 18.7. The normalized spacial score (nSPS) is 16.5. The molecule has 1 fully saturated rings. The van der Waals surface area contributed by atoms with Crippen molar-refractivity contribution < 1.29 is 5.11 Å². The van der Waals surface area contributed by atoms with Gasteiger partial charge in [0, 0.05) is 49.4 Å². The third-order valence-corrected chi connectivity index (χ3v) is 6.39. The van der Waals surface area contributed by atoms with Gasteiger partial charge < -0.3 is 15.7 Å². The van der Waals surface area contributed by atoms with Crippen LogP contribution in [0.3, 0.4) is 0 Å². The van der Waals surface area contributed by atoms with Crippen LogP contribution in [0.15, 0.2) is 42.0 Å². The van der Waals surface area contributed by atoms with Crippen molar-refractivity contribution in [3.63, 3.8) is 0 Å². The summed E-state index contributed by atoms with van der Waals surface area (Å²) in [5.41, 5.74) is 10.1. The Balaban J connectivity index is 1.54. The van der Waals surface area contributed by atoms with Crippen LogP contribution in [0.5, 0.6) is 0 Å². The molecule has 3 aromatic heterocycles. The number of likely N-dealkylation sites (tertiary alicyclic amines) is 1. The molecule has 4 heterocycles. The molecule has 0 amide bonds. The third kappa shape index (κ3) is 5.31. The Morgan fingerprint density at radius 3 is 2.76 bits per heavy atom. The van der Waals surface area contributed by atoms with Crippen LogP contribution in [0.25, 0.3) is 22.3 Å². The summed E-state index contributed by atoms with van der Waals surface area (Å²) >= 11 is 0. The molecular weight excluding hydrogens is 416 g/mol. The number of allylic oxidation sites excluding steroid dienone is 1. The third-order valence-electron chi connectivity index (χ3n) is 6.39. The molecule has 9 nitrogen and oxygen atoms in total. The van der Waals surface area contributed by atoms with Crippen molar-refractivity contribution in [1.29, 1.82) is 0 Å². The van der Waals surface area contributed by atoms with E-state index in [0.717, 1.165) is 67.7 Å². The molecule has 0 saturated carbocycles. The number of rotatable bonds is 9. The van der Waals surface area contributed by atoms with Gasteiger partial charge in [0.1, 0.15) is 0 Å². The first-order chi connectivity index (χ1) is 16.1. The molecule has 9 heteroatoms. The number of hydrogen-bond acceptors (Lipinski definition) is 7. The SMILES string of the molecule is CCC(CC)n1cc(-c2nc(C(C=NCCN3CCC(O)CC3)=CN)cn3nccc23)cn1. The second-order valence-corrected chi connectivity index (χ2v) is 8.55. The van der Waals surface area contributed by atoms with Gasteiger partial charge in [0.05, 0.1) is 54.2 Å². The van der Waals surface area contributed by atoms with Gasteiger partial charge in [-0.3, -0.25) is 9.67 Å². The van der Waals surface area contributed by atoms with Gasteiger partial charge in [-0.25, -0.2) is 9.50 Å². The van der Waals surface area contributed by atoms with Gasteiger partial charge in [-0.1, -0.05) is 13.8 Å². The minimum Gasteiger partial charge on any atom is -0.404 e. The molecule has 176 valence electrons. The van der Waals surface area contributed by atoms with Crippen molar-refractivity contribution in [1.82, 2.24) is 29.3 Å². The number of nitrogens with two attached hydrogens (primary N) is 1. The predicted molar refractivity (Wildman–Crippen MR) is 131 cm³/mol. The molecule has 0 aromatic carbocycles. The van der Waals surface area contributed by atoms with Crippen molar-refractivity contribution in [2.75, 3.05) is 26.2 Å². The van der Waals surface area contributed by atoms with Crippen LogP contribution in [-0.4, -0.2) is 72.9 Å². The summed E-state index contributed by atoms with van der Waals surface area (Å²) in [6.45, 7) is 7.73. The Bertz CT molecular complexity index is 1100. The number of aliphatic hydroxyl groups excluding tert-OH is 1. The van der Waals surface area contributed by atoms with Gasteiger partial charge in [0.2, 0.25) is 0 Å². The average Bonchev–Trinajstić information content (AvgIpc) is 3.51. The van der Waals surface area contributed by atoms with Crippen LogP contribution >= 0.6 is 0 Å². The number of fused-ring (bicyclic) bond motifs is 1. The summed E-state index contributed by atoms with van der Waals surface area (Å²) in [6.07, 6.45) is 14.5. The lowest BCUT2D eigenvalue weighted by atomic mass is 10.1. The van der Waals surface area contributed by atoms with E-state index in [1.54, 1.807) is 12.4 Å². The highest BCUT2D eigenvalue weighted by molar-refractivity contribution is 6.09. The van der Waals surface area contributed by atoms with Gasteiger partial charge in [-0.05, 0) is 31.7 Å². The Morgan fingerprint density at radius 1 is 1.24 bits per heavy atom. The standard InChI is InChI=1S/C24H34N8O/c1-3-20(4-2)31-16-19(15-28-31)24-23-5-8-27-32(23)17-22(29-24)18(13-25)14-26-9-12-30-10-6-21(33)7-11-30/h5,8,13-17,20-21,33H,3-4,6-7,9-12,25H2,1-2H3. The van der Waals surface area contributed by atoms with Crippen molar-refractivity contribution >= 4 is 17.3 Å². The lowest BCUT2D eigenvalue weighted by Crippen LogP contribution is -2.37. The molecule has 3 aromatic rings. The van der Waals surface area contributed by atoms with Crippen LogP contribution in [0.1, 0.15) is 51.3 Å². The molecule has 1 aliphatic heterocycles. The highest BCUT2D eigenvalue weighted by atomic mass is 16.3. The fourth-order valence-electron chi connectivity index (χ4n) is 4.30. The Kier molecular flexibility index (Phi) is 7.51. The summed E-state index contributed by atoms with van der Waals surface area (Å²) in [6, 6.07) is 2.33. The summed E-state index contributed by atoms with van der Waals surface area (Å²) in [7, 11) is 0. The molecule has 33 heavy (non-hydrogen) atoms. The van der Waals surface area contributed by atoms with Crippen LogP contribution in [0.4, 0.5) is 0 Å². The highest BCUT2D eigenvalue weighted by Gasteiger charge is 2.17. The fourth-order valence-corrected chi connectivity index (χ4v) is 4.30. The second-order valence-electron chi connectivity index (χ2n) is 8.55. The maximum atomic E-state index is 9.65. The highest BCUT2D eigenvalue weighted by Crippen LogP contribution is 2.26. The molecule has 0 radical (unpaired) electrons. The maximum absolute atomic E-state index is 9.65. The van der Waals surface area contributed by atoms with E-state index in [9.17, 15) is 5.11 Å². The van der Waals surface area contributed by atoms with Gasteiger partial charge in [0.25, 0.3) is 0 Å². The molecule has 4 rings (SSSR count). The Labute approximate surface area is 194 Å². The van der Waals surface area contributed by atoms with Gasteiger partial charge >= 0.3 is 0 Å². The molecular formula is C24H34N8O. The van der Waals surface area contributed by atoms with Gasteiger partial charge in [0.15, 0.2) is 0 Å². The number of hydrogen-bond donors (Lipinski definition) is 2. The monoisotopic (exact) mass is 450 g/mol. The number of nitrogens with zero attached hydrogens (tertiary/aromatic N) is 7. The van der Waals surface area contributed by atoms with Crippen molar-refractivity contribution in [3.05, 3.63) is 42.7 Å². The summed E-state index contributed by atoms with van der Waals surface area (Å²) in [4.78, 5) is 11.8. The van der Waals surface area contributed by atoms with Crippen LogP contribution in [0.2, 0.25) is 0 Å². The van der Waals surface area contributed by atoms with E-state index in [1.165, 1.54) is 6.20 Å². The fraction of sp³-hybridized carbons (Fsp3) is 0.500. The number of aromatic nitrogens is 5.